The van der Waals surface area contributed by atoms with Crippen molar-refractivity contribution in [1.29, 1.82) is 0 Å². The highest BCUT2D eigenvalue weighted by molar-refractivity contribution is 5.89. The largest absolute Gasteiger partial charge is 0.455 e. The molecule has 3 rings (SSSR count). The molecule has 20 heavy (non-hydrogen) atoms. The van der Waals surface area contributed by atoms with Crippen LogP contribution in [0.1, 0.15) is 17.9 Å². The number of benzene rings is 2. The van der Waals surface area contributed by atoms with Gasteiger partial charge in [0.1, 0.15) is 0 Å². The van der Waals surface area contributed by atoms with E-state index in [4.69, 9.17) is 10.5 Å². The lowest BCUT2D eigenvalue weighted by atomic mass is 10.0. The zero-order valence-corrected chi connectivity index (χ0v) is 10.9. The van der Waals surface area contributed by atoms with Gasteiger partial charge >= 0.3 is 5.97 Å². The van der Waals surface area contributed by atoms with Gasteiger partial charge in [0.05, 0.1) is 5.92 Å². The number of carbonyl (C=O) groups is 2. The van der Waals surface area contributed by atoms with Crippen LogP contribution in [0.4, 0.5) is 0 Å². The van der Waals surface area contributed by atoms with Crippen molar-refractivity contribution in [3.05, 3.63) is 48.0 Å². The topological polar surface area (TPSA) is 69.4 Å². The monoisotopic (exact) mass is 269 g/mol. The molecular weight excluding hydrogens is 254 g/mol. The number of hydrogen-bond acceptors (Lipinski definition) is 3. The molecule has 0 radical (unpaired) electrons. The fourth-order valence-electron chi connectivity index (χ4n) is 2.62. The first-order valence-corrected chi connectivity index (χ1v) is 6.59. The third-order valence-electron chi connectivity index (χ3n) is 3.67. The summed E-state index contributed by atoms with van der Waals surface area (Å²) >= 11 is 0. The standard InChI is InChI=1S/C16H15NO3/c17-15(18)9-20-16(19)14-8-13(14)12-7-3-5-10-4-1-2-6-11(10)12/h1-7,13-14H,8-9H2,(H2,17,18)/t13-,14-/m1/s1. The van der Waals surface area contributed by atoms with Crippen LogP contribution in [0.3, 0.4) is 0 Å². The van der Waals surface area contributed by atoms with Gasteiger partial charge in [-0.05, 0) is 28.7 Å². The molecule has 1 fully saturated rings. The number of esters is 1. The molecule has 1 saturated carbocycles. The van der Waals surface area contributed by atoms with Gasteiger partial charge in [0.15, 0.2) is 6.61 Å². The van der Waals surface area contributed by atoms with Gasteiger partial charge in [-0.2, -0.15) is 0 Å². The fourth-order valence-corrected chi connectivity index (χ4v) is 2.62. The minimum atomic E-state index is -0.624. The Balaban J connectivity index is 1.78. The van der Waals surface area contributed by atoms with E-state index >= 15 is 0 Å². The third kappa shape index (κ3) is 2.37. The second-order valence-electron chi connectivity index (χ2n) is 5.09. The Labute approximate surface area is 116 Å². The molecule has 2 aromatic rings. The lowest BCUT2D eigenvalue weighted by Gasteiger charge is -2.06. The molecule has 2 atom stereocenters. The van der Waals surface area contributed by atoms with Crippen LogP contribution in [0.5, 0.6) is 0 Å². The first-order valence-electron chi connectivity index (χ1n) is 6.59. The molecule has 0 bridgehead atoms. The first-order chi connectivity index (χ1) is 9.66. The van der Waals surface area contributed by atoms with Crippen LogP contribution in [0.2, 0.25) is 0 Å². The highest BCUT2D eigenvalue weighted by Crippen LogP contribution is 2.50. The average Bonchev–Trinajstić information content (AvgIpc) is 3.24. The summed E-state index contributed by atoms with van der Waals surface area (Å²) in [5, 5.41) is 2.34. The highest BCUT2D eigenvalue weighted by Gasteiger charge is 2.45. The molecular formula is C16H15NO3. The number of carbonyl (C=O) groups excluding carboxylic acids is 2. The zero-order chi connectivity index (χ0) is 14.1. The van der Waals surface area contributed by atoms with E-state index in [1.807, 2.05) is 24.3 Å². The smallest absolute Gasteiger partial charge is 0.310 e. The molecule has 4 heteroatoms. The zero-order valence-electron chi connectivity index (χ0n) is 10.9. The second-order valence-corrected chi connectivity index (χ2v) is 5.09. The second kappa shape index (κ2) is 4.96. The van der Waals surface area contributed by atoms with Gasteiger partial charge in [0.25, 0.3) is 5.91 Å². The summed E-state index contributed by atoms with van der Waals surface area (Å²) in [6, 6.07) is 14.2. The maximum absolute atomic E-state index is 11.8. The van der Waals surface area contributed by atoms with Gasteiger partial charge in [-0.1, -0.05) is 42.5 Å². The van der Waals surface area contributed by atoms with Crippen molar-refractivity contribution < 1.29 is 14.3 Å². The van der Waals surface area contributed by atoms with Crippen LogP contribution in [0.15, 0.2) is 42.5 Å². The van der Waals surface area contributed by atoms with Crippen LogP contribution < -0.4 is 5.73 Å². The number of nitrogens with two attached hydrogens (primary N) is 1. The van der Waals surface area contributed by atoms with E-state index in [9.17, 15) is 9.59 Å². The Morgan fingerprint density at radius 2 is 1.90 bits per heavy atom. The summed E-state index contributed by atoms with van der Waals surface area (Å²) in [5.74, 6) is -0.927. The normalized spacial score (nSPS) is 20.6. The van der Waals surface area contributed by atoms with Gasteiger partial charge in [0.2, 0.25) is 0 Å². The fraction of sp³-hybridized carbons (Fsp3) is 0.250. The molecule has 1 amide bonds. The molecule has 2 aromatic carbocycles. The van der Waals surface area contributed by atoms with Gasteiger partial charge in [0, 0.05) is 0 Å². The van der Waals surface area contributed by atoms with E-state index in [2.05, 4.69) is 18.2 Å². The maximum Gasteiger partial charge on any atom is 0.310 e. The maximum atomic E-state index is 11.8. The number of hydrogen-bond donors (Lipinski definition) is 1. The molecule has 2 N–H and O–H groups in total. The van der Waals surface area contributed by atoms with E-state index in [0.29, 0.717) is 0 Å². The average molecular weight is 269 g/mol. The van der Waals surface area contributed by atoms with E-state index < -0.39 is 5.91 Å². The van der Waals surface area contributed by atoms with Crippen molar-refractivity contribution in [3.8, 4) is 0 Å². The minimum absolute atomic E-state index is 0.153. The molecule has 0 unspecified atom stereocenters. The van der Waals surface area contributed by atoms with E-state index in [0.717, 1.165) is 6.42 Å². The van der Waals surface area contributed by atoms with Gasteiger partial charge < -0.3 is 10.5 Å². The van der Waals surface area contributed by atoms with Gasteiger partial charge in [-0.3, -0.25) is 9.59 Å². The first kappa shape index (κ1) is 12.7. The van der Waals surface area contributed by atoms with Crippen molar-refractivity contribution >= 4 is 22.6 Å². The molecule has 4 nitrogen and oxygen atoms in total. The van der Waals surface area contributed by atoms with Crippen molar-refractivity contribution in [3.63, 3.8) is 0 Å². The molecule has 0 aliphatic heterocycles. The van der Waals surface area contributed by atoms with Gasteiger partial charge in [-0.25, -0.2) is 0 Å². The quantitative estimate of drug-likeness (QED) is 0.863. The summed E-state index contributed by atoms with van der Waals surface area (Å²) < 4.78 is 4.88. The molecule has 0 heterocycles. The molecule has 0 aromatic heterocycles. The lowest BCUT2D eigenvalue weighted by molar-refractivity contribution is -0.149. The Kier molecular flexibility index (Phi) is 3.14. The predicted molar refractivity (Wildman–Crippen MR) is 74.9 cm³/mol. The van der Waals surface area contributed by atoms with Crippen LogP contribution >= 0.6 is 0 Å². The van der Waals surface area contributed by atoms with Gasteiger partial charge in [-0.15, -0.1) is 0 Å². The minimum Gasteiger partial charge on any atom is -0.455 e. The van der Waals surface area contributed by atoms with E-state index in [-0.39, 0.29) is 24.4 Å². The van der Waals surface area contributed by atoms with Crippen molar-refractivity contribution in [2.24, 2.45) is 11.7 Å². The molecule has 1 aliphatic carbocycles. The van der Waals surface area contributed by atoms with Crippen molar-refractivity contribution in [2.75, 3.05) is 6.61 Å². The SMILES string of the molecule is NC(=O)COC(=O)[C@@H]1C[C@@H]1c1cccc2ccccc12. The summed E-state index contributed by atoms with van der Waals surface area (Å²) in [6.45, 7) is -0.336. The van der Waals surface area contributed by atoms with Crippen LogP contribution in [0.25, 0.3) is 10.8 Å². The van der Waals surface area contributed by atoms with Crippen molar-refractivity contribution in [1.82, 2.24) is 0 Å². The number of ether oxygens (including phenoxy) is 1. The third-order valence-corrected chi connectivity index (χ3v) is 3.67. The van der Waals surface area contributed by atoms with Crippen LogP contribution in [0, 0.1) is 5.92 Å². The number of primary amides is 1. The molecule has 0 saturated heterocycles. The summed E-state index contributed by atoms with van der Waals surface area (Å²) in [7, 11) is 0. The Bertz CT molecular complexity index is 675. The van der Waals surface area contributed by atoms with Crippen LogP contribution in [-0.4, -0.2) is 18.5 Å². The molecule has 1 aliphatic rings. The van der Waals surface area contributed by atoms with E-state index in [1.54, 1.807) is 0 Å². The molecule has 0 spiro atoms. The Morgan fingerprint density at radius 3 is 2.70 bits per heavy atom. The number of fused-ring (bicyclic) bond motifs is 1. The number of amides is 1. The van der Waals surface area contributed by atoms with Crippen molar-refractivity contribution in [2.45, 2.75) is 12.3 Å². The highest BCUT2D eigenvalue weighted by atomic mass is 16.5. The number of rotatable bonds is 4. The summed E-state index contributed by atoms with van der Waals surface area (Å²) in [6.07, 6.45) is 0.769. The Hall–Kier alpha value is -2.36. The summed E-state index contributed by atoms with van der Waals surface area (Å²) in [4.78, 5) is 22.4. The Morgan fingerprint density at radius 1 is 1.15 bits per heavy atom. The molecule has 102 valence electrons. The van der Waals surface area contributed by atoms with Crippen LogP contribution in [-0.2, 0) is 14.3 Å². The summed E-state index contributed by atoms with van der Waals surface area (Å²) in [5.41, 5.74) is 6.14. The predicted octanol–water partition coefficient (Wildman–Crippen LogP) is 1.97. The lowest BCUT2D eigenvalue weighted by Crippen LogP contribution is -2.21. The van der Waals surface area contributed by atoms with E-state index in [1.165, 1.54) is 16.3 Å².